The molecule has 15 heavy (non-hydrogen) atoms. The minimum Gasteiger partial charge on any atom is -0.302 e. The van der Waals surface area contributed by atoms with E-state index in [9.17, 15) is 4.79 Å². The van der Waals surface area contributed by atoms with E-state index in [-0.39, 0.29) is 18.3 Å². The topological polar surface area (TPSA) is 42.0 Å². The normalized spacial score (nSPS) is 13.9. The zero-order valence-corrected chi connectivity index (χ0v) is 10.3. The highest BCUT2D eigenvalue weighted by Gasteiger charge is 2.15. The molecular formula is C10H15ClN2OS. The second kappa shape index (κ2) is 5.47. The van der Waals surface area contributed by atoms with Crippen molar-refractivity contribution in [1.82, 2.24) is 4.98 Å². The SMILES string of the molecule is CCC(=O)Nc1nc2c(s1)CCCC2.Cl. The molecular weight excluding hydrogens is 232 g/mol. The molecule has 0 spiro atoms. The molecule has 1 aromatic rings. The van der Waals surface area contributed by atoms with Crippen LogP contribution in [0.3, 0.4) is 0 Å². The number of halogens is 1. The highest BCUT2D eigenvalue weighted by Crippen LogP contribution is 2.29. The van der Waals surface area contributed by atoms with Crippen molar-refractivity contribution < 1.29 is 4.79 Å². The van der Waals surface area contributed by atoms with Gasteiger partial charge in [0, 0.05) is 11.3 Å². The quantitative estimate of drug-likeness (QED) is 0.872. The lowest BCUT2D eigenvalue weighted by Gasteiger charge is -2.06. The van der Waals surface area contributed by atoms with Crippen molar-refractivity contribution in [2.45, 2.75) is 39.0 Å². The van der Waals surface area contributed by atoms with Gasteiger partial charge in [-0.05, 0) is 25.7 Å². The van der Waals surface area contributed by atoms with E-state index in [4.69, 9.17) is 0 Å². The third kappa shape index (κ3) is 2.92. The number of anilines is 1. The first-order valence-corrected chi connectivity index (χ1v) is 5.89. The van der Waals surface area contributed by atoms with Crippen molar-refractivity contribution in [3.63, 3.8) is 0 Å². The molecule has 0 saturated heterocycles. The Hall–Kier alpha value is -0.610. The highest BCUT2D eigenvalue weighted by molar-refractivity contribution is 7.15. The van der Waals surface area contributed by atoms with Gasteiger partial charge in [-0.2, -0.15) is 0 Å². The zero-order valence-electron chi connectivity index (χ0n) is 8.71. The number of rotatable bonds is 2. The molecule has 0 unspecified atom stereocenters. The van der Waals surface area contributed by atoms with Gasteiger partial charge >= 0.3 is 0 Å². The number of hydrogen-bond acceptors (Lipinski definition) is 3. The predicted molar refractivity (Wildman–Crippen MR) is 64.9 cm³/mol. The van der Waals surface area contributed by atoms with Gasteiger partial charge in [0.05, 0.1) is 5.69 Å². The first kappa shape index (κ1) is 12.5. The second-order valence-electron chi connectivity index (χ2n) is 3.50. The van der Waals surface area contributed by atoms with Crippen LogP contribution in [0.15, 0.2) is 0 Å². The Morgan fingerprint density at radius 1 is 1.47 bits per heavy atom. The molecule has 0 aromatic carbocycles. The van der Waals surface area contributed by atoms with Gasteiger partial charge in [-0.1, -0.05) is 6.92 Å². The van der Waals surface area contributed by atoms with Crippen LogP contribution in [-0.2, 0) is 17.6 Å². The predicted octanol–water partition coefficient (Wildman–Crippen LogP) is 2.79. The van der Waals surface area contributed by atoms with Crippen LogP contribution < -0.4 is 5.32 Å². The van der Waals surface area contributed by atoms with Crippen LogP contribution in [0.5, 0.6) is 0 Å². The molecule has 0 atom stereocenters. The van der Waals surface area contributed by atoms with Gasteiger partial charge in [0.2, 0.25) is 5.91 Å². The van der Waals surface area contributed by atoms with Crippen molar-refractivity contribution in [3.05, 3.63) is 10.6 Å². The molecule has 1 aromatic heterocycles. The van der Waals surface area contributed by atoms with Gasteiger partial charge in [-0.3, -0.25) is 4.79 Å². The molecule has 1 aliphatic carbocycles. The summed E-state index contributed by atoms with van der Waals surface area (Å²) < 4.78 is 0. The van der Waals surface area contributed by atoms with E-state index in [0.717, 1.165) is 18.0 Å². The molecule has 2 rings (SSSR count). The lowest BCUT2D eigenvalue weighted by atomic mass is 10.0. The summed E-state index contributed by atoms with van der Waals surface area (Å²) >= 11 is 1.64. The van der Waals surface area contributed by atoms with Crippen LogP contribution in [0.2, 0.25) is 0 Å². The maximum Gasteiger partial charge on any atom is 0.225 e. The summed E-state index contributed by atoms with van der Waals surface area (Å²) in [4.78, 5) is 16.9. The summed E-state index contributed by atoms with van der Waals surface area (Å²) in [7, 11) is 0. The lowest BCUT2D eigenvalue weighted by molar-refractivity contribution is -0.115. The van der Waals surface area contributed by atoms with Crippen LogP contribution in [0.4, 0.5) is 5.13 Å². The second-order valence-corrected chi connectivity index (χ2v) is 4.58. The fourth-order valence-electron chi connectivity index (χ4n) is 1.61. The van der Waals surface area contributed by atoms with Gasteiger partial charge in [0.1, 0.15) is 0 Å². The van der Waals surface area contributed by atoms with Crippen LogP contribution in [0.1, 0.15) is 36.8 Å². The van der Waals surface area contributed by atoms with E-state index >= 15 is 0 Å². The van der Waals surface area contributed by atoms with Gasteiger partial charge in [0.15, 0.2) is 5.13 Å². The Morgan fingerprint density at radius 3 is 2.87 bits per heavy atom. The smallest absolute Gasteiger partial charge is 0.225 e. The fourth-order valence-corrected chi connectivity index (χ4v) is 2.68. The molecule has 0 bridgehead atoms. The molecule has 3 nitrogen and oxygen atoms in total. The number of hydrogen-bond donors (Lipinski definition) is 1. The van der Waals surface area contributed by atoms with Gasteiger partial charge < -0.3 is 5.32 Å². The van der Waals surface area contributed by atoms with Gasteiger partial charge in [-0.15, -0.1) is 23.7 Å². The Kier molecular flexibility index (Phi) is 4.54. The minimum atomic E-state index is 0. The Labute approximate surface area is 99.7 Å². The number of amides is 1. The zero-order chi connectivity index (χ0) is 9.97. The van der Waals surface area contributed by atoms with Crippen molar-refractivity contribution >= 4 is 34.8 Å². The number of fused-ring (bicyclic) bond motifs is 1. The largest absolute Gasteiger partial charge is 0.302 e. The standard InChI is InChI=1S/C10H14N2OS.ClH/c1-2-9(13)12-10-11-7-5-3-4-6-8(7)14-10;/h2-6H2,1H3,(H,11,12,13);1H. The molecule has 1 N–H and O–H groups in total. The highest BCUT2D eigenvalue weighted by atomic mass is 35.5. The molecule has 1 aliphatic rings. The van der Waals surface area contributed by atoms with Crippen LogP contribution in [0.25, 0.3) is 0 Å². The van der Waals surface area contributed by atoms with Crippen LogP contribution in [-0.4, -0.2) is 10.9 Å². The fraction of sp³-hybridized carbons (Fsp3) is 0.600. The molecule has 1 heterocycles. The van der Waals surface area contributed by atoms with E-state index in [1.165, 1.54) is 23.4 Å². The van der Waals surface area contributed by atoms with Gasteiger partial charge in [-0.25, -0.2) is 4.98 Å². The van der Waals surface area contributed by atoms with E-state index in [0.29, 0.717) is 6.42 Å². The van der Waals surface area contributed by atoms with Crippen molar-refractivity contribution in [1.29, 1.82) is 0 Å². The minimum absolute atomic E-state index is 0. The molecule has 1 amide bonds. The Morgan fingerprint density at radius 2 is 2.20 bits per heavy atom. The molecule has 5 heteroatoms. The van der Waals surface area contributed by atoms with Crippen molar-refractivity contribution in [2.24, 2.45) is 0 Å². The first-order valence-electron chi connectivity index (χ1n) is 5.08. The summed E-state index contributed by atoms with van der Waals surface area (Å²) in [6.45, 7) is 1.85. The molecule has 84 valence electrons. The van der Waals surface area contributed by atoms with E-state index < -0.39 is 0 Å². The molecule has 0 saturated carbocycles. The van der Waals surface area contributed by atoms with E-state index in [1.54, 1.807) is 11.3 Å². The Bertz CT molecular complexity index is 328. The first-order chi connectivity index (χ1) is 6.79. The maximum atomic E-state index is 11.1. The summed E-state index contributed by atoms with van der Waals surface area (Å²) in [5.41, 5.74) is 1.20. The average Bonchev–Trinajstić information content (AvgIpc) is 2.59. The lowest BCUT2D eigenvalue weighted by Crippen LogP contribution is -2.09. The number of carbonyl (C=O) groups is 1. The van der Waals surface area contributed by atoms with E-state index in [1.807, 2.05) is 6.92 Å². The number of nitrogens with one attached hydrogen (secondary N) is 1. The number of aromatic nitrogens is 1. The van der Waals surface area contributed by atoms with Crippen LogP contribution in [0, 0.1) is 0 Å². The van der Waals surface area contributed by atoms with Crippen molar-refractivity contribution in [3.8, 4) is 0 Å². The average molecular weight is 247 g/mol. The molecule has 0 fully saturated rings. The summed E-state index contributed by atoms with van der Waals surface area (Å²) in [6.07, 6.45) is 5.22. The summed E-state index contributed by atoms with van der Waals surface area (Å²) in [6, 6.07) is 0. The van der Waals surface area contributed by atoms with Gasteiger partial charge in [0.25, 0.3) is 0 Å². The maximum absolute atomic E-state index is 11.1. The molecule has 0 radical (unpaired) electrons. The number of thiazole rings is 1. The van der Waals surface area contributed by atoms with Crippen LogP contribution >= 0.6 is 23.7 Å². The number of carbonyl (C=O) groups excluding carboxylic acids is 1. The third-order valence-corrected chi connectivity index (χ3v) is 3.49. The number of nitrogens with zero attached hydrogens (tertiary/aromatic N) is 1. The summed E-state index contributed by atoms with van der Waals surface area (Å²) in [5.74, 6) is 0.0519. The molecule has 0 aliphatic heterocycles. The third-order valence-electron chi connectivity index (χ3n) is 2.41. The number of aryl methyl sites for hydroxylation is 2. The monoisotopic (exact) mass is 246 g/mol. The Balaban J connectivity index is 0.00000112. The summed E-state index contributed by atoms with van der Waals surface area (Å²) in [5, 5.41) is 3.60. The van der Waals surface area contributed by atoms with E-state index in [2.05, 4.69) is 10.3 Å². The van der Waals surface area contributed by atoms with Crippen molar-refractivity contribution in [2.75, 3.05) is 5.32 Å².